The first-order chi connectivity index (χ1) is 18.5. The molecule has 0 bridgehead atoms. The standard InChI is InChI=1S/C32H40F3NO3/c1-21-16-25-24-13-10-9-12-22(24)17-26(25)31(36(21)20-32(2,3)35)30-27(33)18-23(19-28(30)34)39-15-11-7-5-4-6-8-14-29(37)38/h9-10,12-13,18-19,21,31H,4-8,11,14-17,20H2,1-3H3,(H,37,38)/t21-,31+/m1/s1. The van der Waals surface area contributed by atoms with Crippen LogP contribution in [0.3, 0.4) is 0 Å². The lowest BCUT2D eigenvalue weighted by atomic mass is 9.84. The maximum absolute atomic E-state index is 15.7. The highest BCUT2D eigenvalue weighted by molar-refractivity contribution is 5.79. The second kappa shape index (κ2) is 12.6. The molecule has 1 heterocycles. The van der Waals surface area contributed by atoms with Gasteiger partial charge in [0.2, 0.25) is 0 Å². The van der Waals surface area contributed by atoms with Gasteiger partial charge in [-0.15, -0.1) is 0 Å². The summed E-state index contributed by atoms with van der Waals surface area (Å²) < 4.78 is 52.1. The molecule has 0 saturated heterocycles. The lowest BCUT2D eigenvalue weighted by Crippen LogP contribution is -2.47. The number of ether oxygens (including phenoxy) is 1. The quantitative estimate of drug-likeness (QED) is 0.260. The molecule has 7 heteroatoms. The third-order valence-electron chi connectivity index (χ3n) is 7.78. The molecule has 2 aromatic rings. The Hall–Kier alpha value is -2.80. The first kappa shape index (κ1) is 29.2. The lowest BCUT2D eigenvalue weighted by molar-refractivity contribution is -0.137. The molecule has 0 unspecified atom stereocenters. The maximum atomic E-state index is 15.7. The molecule has 0 radical (unpaired) electrons. The number of benzene rings is 2. The Kier molecular flexibility index (Phi) is 9.42. The number of halogens is 3. The van der Waals surface area contributed by atoms with Crippen LogP contribution in [0.1, 0.15) is 94.9 Å². The number of hydrogen-bond acceptors (Lipinski definition) is 3. The molecule has 0 fully saturated rings. The van der Waals surface area contributed by atoms with Gasteiger partial charge in [-0.1, -0.05) is 49.9 Å². The number of unbranched alkanes of at least 4 members (excludes halogenated alkanes) is 5. The summed E-state index contributed by atoms with van der Waals surface area (Å²) >= 11 is 0. The van der Waals surface area contributed by atoms with E-state index in [1.54, 1.807) is 0 Å². The predicted octanol–water partition coefficient (Wildman–Crippen LogP) is 8.05. The van der Waals surface area contributed by atoms with E-state index in [4.69, 9.17) is 9.84 Å². The van der Waals surface area contributed by atoms with E-state index in [0.717, 1.165) is 54.4 Å². The Morgan fingerprint density at radius 3 is 2.36 bits per heavy atom. The van der Waals surface area contributed by atoms with Crippen LogP contribution in [0, 0.1) is 11.6 Å². The van der Waals surface area contributed by atoms with E-state index >= 15 is 8.78 Å². The first-order valence-corrected chi connectivity index (χ1v) is 14.1. The van der Waals surface area contributed by atoms with Crippen LogP contribution in [0.15, 0.2) is 42.0 Å². The second-order valence-electron chi connectivity index (χ2n) is 11.6. The van der Waals surface area contributed by atoms with Gasteiger partial charge in [0, 0.05) is 36.7 Å². The molecule has 4 nitrogen and oxygen atoms in total. The fourth-order valence-corrected chi connectivity index (χ4v) is 6.03. The minimum Gasteiger partial charge on any atom is -0.493 e. The van der Waals surface area contributed by atoms with E-state index in [9.17, 15) is 9.18 Å². The van der Waals surface area contributed by atoms with Gasteiger partial charge >= 0.3 is 5.97 Å². The van der Waals surface area contributed by atoms with Crippen LogP contribution < -0.4 is 4.74 Å². The summed E-state index contributed by atoms with van der Waals surface area (Å²) in [6.45, 7) is 5.43. The Bertz CT molecular complexity index is 1180. The molecular weight excluding hydrogens is 503 g/mol. The summed E-state index contributed by atoms with van der Waals surface area (Å²) in [5.74, 6) is -1.96. The van der Waals surface area contributed by atoms with Crippen molar-refractivity contribution in [2.24, 2.45) is 0 Å². The number of rotatable bonds is 13. The highest BCUT2D eigenvalue weighted by Crippen LogP contribution is 2.50. The molecule has 0 amide bonds. The van der Waals surface area contributed by atoms with E-state index in [1.165, 1.54) is 26.0 Å². The Labute approximate surface area is 229 Å². The molecule has 2 aliphatic rings. The van der Waals surface area contributed by atoms with Crippen LogP contribution in [0.2, 0.25) is 0 Å². The molecule has 0 aromatic heterocycles. The highest BCUT2D eigenvalue weighted by atomic mass is 19.1. The third-order valence-corrected chi connectivity index (χ3v) is 7.78. The number of hydrogen-bond donors (Lipinski definition) is 1. The van der Waals surface area contributed by atoms with Crippen molar-refractivity contribution in [3.8, 4) is 5.75 Å². The van der Waals surface area contributed by atoms with Crippen molar-refractivity contribution in [3.63, 3.8) is 0 Å². The smallest absolute Gasteiger partial charge is 0.303 e. The van der Waals surface area contributed by atoms with Gasteiger partial charge in [0.1, 0.15) is 23.1 Å². The van der Waals surface area contributed by atoms with Crippen molar-refractivity contribution in [3.05, 3.63) is 70.3 Å². The van der Waals surface area contributed by atoms with Gasteiger partial charge in [0.25, 0.3) is 0 Å². The zero-order chi connectivity index (χ0) is 28.2. The number of carboxylic acid groups (broad SMARTS) is 1. The van der Waals surface area contributed by atoms with Gasteiger partial charge in [-0.2, -0.15) is 0 Å². The van der Waals surface area contributed by atoms with Crippen molar-refractivity contribution in [1.82, 2.24) is 4.90 Å². The zero-order valence-electron chi connectivity index (χ0n) is 23.2. The summed E-state index contributed by atoms with van der Waals surface area (Å²) in [5, 5.41) is 8.68. The van der Waals surface area contributed by atoms with Crippen LogP contribution in [-0.4, -0.2) is 40.8 Å². The van der Waals surface area contributed by atoms with Crippen LogP contribution >= 0.6 is 0 Å². The summed E-state index contributed by atoms with van der Waals surface area (Å²) in [6.07, 6.45) is 6.64. The van der Waals surface area contributed by atoms with E-state index < -0.39 is 29.3 Å². The Balaban J connectivity index is 1.48. The third kappa shape index (κ3) is 7.24. The van der Waals surface area contributed by atoms with E-state index in [2.05, 4.69) is 12.1 Å². The van der Waals surface area contributed by atoms with Crippen molar-refractivity contribution in [1.29, 1.82) is 0 Å². The lowest BCUT2D eigenvalue weighted by Gasteiger charge is -2.44. The van der Waals surface area contributed by atoms with Crippen molar-refractivity contribution in [2.45, 2.75) is 96.3 Å². The Morgan fingerprint density at radius 2 is 1.69 bits per heavy atom. The van der Waals surface area contributed by atoms with E-state index in [-0.39, 0.29) is 30.3 Å². The van der Waals surface area contributed by atoms with E-state index in [0.29, 0.717) is 25.9 Å². The van der Waals surface area contributed by atoms with Crippen LogP contribution in [-0.2, 0) is 11.2 Å². The van der Waals surface area contributed by atoms with Gasteiger partial charge in [0.05, 0.1) is 12.6 Å². The SMILES string of the molecule is C[C@@H]1CC2=C(Cc3ccccc32)[C@@H](c2c(F)cc(OCCCCCCCCC(=O)O)cc2F)N1CC(C)(C)F. The number of carbonyl (C=O) groups is 1. The number of alkyl halides is 1. The van der Waals surface area contributed by atoms with Crippen LogP contribution in [0.5, 0.6) is 5.75 Å². The minimum absolute atomic E-state index is 0.0418. The summed E-state index contributed by atoms with van der Waals surface area (Å²) in [7, 11) is 0. The largest absolute Gasteiger partial charge is 0.493 e. The fraction of sp³-hybridized carbons (Fsp3) is 0.531. The monoisotopic (exact) mass is 543 g/mol. The van der Waals surface area contributed by atoms with Gasteiger partial charge < -0.3 is 9.84 Å². The summed E-state index contributed by atoms with van der Waals surface area (Å²) in [6, 6.07) is 9.81. The molecule has 4 rings (SSSR count). The summed E-state index contributed by atoms with van der Waals surface area (Å²) in [5.41, 5.74) is 2.78. The van der Waals surface area contributed by atoms with E-state index in [1.807, 2.05) is 24.0 Å². The summed E-state index contributed by atoms with van der Waals surface area (Å²) in [4.78, 5) is 12.5. The molecule has 0 saturated carbocycles. The molecule has 212 valence electrons. The first-order valence-electron chi connectivity index (χ1n) is 14.1. The topological polar surface area (TPSA) is 49.8 Å². The second-order valence-corrected chi connectivity index (χ2v) is 11.6. The number of fused-ring (bicyclic) bond motifs is 2. The predicted molar refractivity (Wildman–Crippen MR) is 148 cm³/mol. The fourth-order valence-electron chi connectivity index (χ4n) is 6.03. The number of aliphatic carboxylic acids is 1. The molecule has 39 heavy (non-hydrogen) atoms. The van der Waals surface area contributed by atoms with Crippen LogP contribution in [0.25, 0.3) is 5.57 Å². The van der Waals surface area contributed by atoms with Gasteiger partial charge in [-0.3, -0.25) is 9.69 Å². The molecule has 2 aromatic carbocycles. The normalized spacial score (nSPS) is 19.2. The maximum Gasteiger partial charge on any atom is 0.303 e. The molecule has 2 atom stereocenters. The van der Waals surface area contributed by atoms with Crippen LogP contribution in [0.4, 0.5) is 13.2 Å². The highest BCUT2D eigenvalue weighted by Gasteiger charge is 2.42. The average Bonchev–Trinajstić information content (AvgIpc) is 3.21. The molecule has 1 aliphatic carbocycles. The molecule has 1 N–H and O–H groups in total. The van der Waals surface area contributed by atoms with Crippen molar-refractivity contribution >= 4 is 11.5 Å². The number of nitrogens with zero attached hydrogens (tertiary/aromatic N) is 1. The molecule has 0 spiro atoms. The number of carboxylic acids is 1. The minimum atomic E-state index is -1.53. The van der Waals surface area contributed by atoms with Gasteiger partial charge in [0.15, 0.2) is 0 Å². The van der Waals surface area contributed by atoms with Gasteiger partial charge in [-0.25, -0.2) is 13.2 Å². The Morgan fingerprint density at radius 1 is 1.05 bits per heavy atom. The zero-order valence-corrected chi connectivity index (χ0v) is 23.2. The van der Waals surface area contributed by atoms with Gasteiger partial charge in [-0.05, 0) is 68.7 Å². The van der Waals surface area contributed by atoms with Crippen molar-refractivity contribution < 1.29 is 27.8 Å². The van der Waals surface area contributed by atoms with Crippen molar-refractivity contribution in [2.75, 3.05) is 13.2 Å². The average molecular weight is 544 g/mol. The molecule has 1 aliphatic heterocycles. The molecular formula is C32H40F3NO3.